The molecule has 3 rings (SSSR count). The maximum atomic E-state index is 10.7. The van der Waals surface area contributed by atoms with Crippen molar-refractivity contribution in [2.75, 3.05) is 32.2 Å². The largest absolute Gasteiger partial charge is 0.394 e. The molecule has 0 spiro atoms. The monoisotopic (exact) mass is 564 g/mol. The zero-order valence-corrected chi connectivity index (χ0v) is 20.5. The Labute approximate surface area is 216 Å². The Balaban J connectivity index is 1.70. The number of rotatable bonds is 10. The van der Waals surface area contributed by atoms with Crippen LogP contribution < -0.4 is 0 Å². The molecule has 0 saturated carbocycles. The van der Waals surface area contributed by atoms with E-state index in [0.717, 1.165) is 0 Å². The molecule has 3 fully saturated rings. The van der Waals surface area contributed by atoms with Gasteiger partial charge in [0.1, 0.15) is 73.2 Å². The maximum Gasteiger partial charge on any atom is 0.187 e. The van der Waals surface area contributed by atoms with Crippen LogP contribution in [0.15, 0.2) is 0 Å². The van der Waals surface area contributed by atoms with Crippen LogP contribution in [-0.2, 0) is 28.4 Å². The number of hydrogen-bond donors (Lipinski definition) is 11. The predicted octanol–water partition coefficient (Wildman–Crippen LogP) is -6.62. The minimum Gasteiger partial charge on any atom is -0.394 e. The molecule has 0 aliphatic carbocycles. The second kappa shape index (κ2) is 13.9. The Morgan fingerprint density at radius 1 is 0.514 bits per heavy atom. The normalized spacial score (nSPS) is 49.2. The molecule has 15 unspecified atom stereocenters. The van der Waals surface area contributed by atoms with Crippen LogP contribution in [0.1, 0.15) is 0 Å². The van der Waals surface area contributed by atoms with Gasteiger partial charge in [-0.3, -0.25) is 0 Å². The zero-order chi connectivity index (χ0) is 27.4. The summed E-state index contributed by atoms with van der Waals surface area (Å²) in [5, 5.41) is 101. The molecule has 3 aliphatic heterocycles. The van der Waals surface area contributed by atoms with Gasteiger partial charge in [-0.05, 0) is 0 Å². The SMILES string of the molecule is OCC1OC(OC2C(CO)OC(OC3C(CO)OC(OCCS)C(O)C3O)C(O)C2O)C(O)C(O)C1O. The van der Waals surface area contributed by atoms with Crippen LogP contribution in [0.3, 0.4) is 0 Å². The van der Waals surface area contributed by atoms with Crippen LogP contribution in [0.2, 0.25) is 0 Å². The van der Waals surface area contributed by atoms with Gasteiger partial charge in [0, 0.05) is 5.75 Å². The molecule has 15 atom stereocenters. The highest BCUT2D eigenvalue weighted by atomic mass is 32.1. The number of hydrogen-bond acceptors (Lipinski definition) is 17. The van der Waals surface area contributed by atoms with E-state index in [1.165, 1.54) is 0 Å². The van der Waals surface area contributed by atoms with Crippen molar-refractivity contribution in [1.29, 1.82) is 0 Å². The van der Waals surface area contributed by atoms with Gasteiger partial charge in [-0.2, -0.15) is 12.6 Å². The van der Waals surface area contributed by atoms with Crippen LogP contribution in [0.4, 0.5) is 0 Å². The van der Waals surface area contributed by atoms with Crippen LogP contribution in [0, 0.1) is 0 Å². The Hall–Kier alpha value is -0.290. The molecule has 10 N–H and O–H groups in total. The number of thiol groups is 1. The second-order valence-electron chi connectivity index (χ2n) is 8.91. The molecule has 37 heavy (non-hydrogen) atoms. The lowest BCUT2D eigenvalue weighted by atomic mass is 9.96. The summed E-state index contributed by atoms with van der Waals surface area (Å²) in [6.07, 6.45) is -24.0. The summed E-state index contributed by atoms with van der Waals surface area (Å²) in [6.45, 7) is -2.15. The molecule has 0 amide bonds. The van der Waals surface area contributed by atoms with Gasteiger partial charge in [0.25, 0.3) is 0 Å². The van der Waals surface area contributed by atoms with E-state index in [0.29, 0.717) is 5.75 Å². The summed E-state index contributed by atoms with van der Waals surface area (Å²) in [4.78, 5) is 0. The molecule has 218 valence electrons. The predicted molar refractivity (Wildman–Crippen MR) is 119 cm³/mol. The van der Waals surface area contributed by atoms with Crippen LogP contribution in [-0.4, -0.2) is 175 Å². The molecule has 16 nitrogen and oxygen atoms in total. The quantitative estimate of drug-likeness (QED) is 0.110. The number of aliphatic hydroxyl groups is 10. The summed E-state index contributed by atoms with van der Waals surface area (Å²) < 4.78 is 32.5. The minimum absolute atomic E-state index is 0.0753. The van der Waals surface area contributed by atoms with Crippen LogP contribution in [0.25, 0.3) is 0 Å². The van der Waals surface area contributed by atoms with Crippen molar-refractivity contribution < 1.29 is 79.5 Å². The zero-order valence-electron chi connectivity index (χ0n) is 19.6. The van der Waals surface area contributed by atoms with E-state index in [-0.39, 0.29) is 6.61 Å². The van der Waals surface area contributed by atoms with Crippen LogP contribution in [0.5, 0.6) is 0 Å². The summed E-state index contributed by atoms with van der Waals surface area (Å²) >= 11 is 3.98. The third-order valence-electron chi connectivity index (χ3n) is 6.45. The Kier molecular flexibility index (Phi) is 11.7. The average Bonchev–Trinajstić information content (AvgIpc) is 2.90. The highest BCUT2D eigenvalue weighted by molar-refractivity contribution is 7.80. The van der Waals surface area contributed by atoms with E-state index >= 15 is 0 Å². The first-order chi connectivity index (χ1) is 17.6. The summed E-state index contributed by atoms with van der Waals surface area (Å²) in [6, 6.07) is 0. The first-order valence-corrected chi connectivity index (χ1v) is 12.3. The average molecular weight is 565 g/mol. The van der Waals surface area contributed by atoms with E-state index in [2.05, 4.69) is 12.6 Å². The molecular formula is C20H36O16S. The van der Waals surface area contributed by atoms with Crippen molar-refractivity contribution >= 4 is 12.6 Å². The van der Waals surface area contributed by atoms with Crippen molar-refractivity contribution in [1.82, 2.24) is 0 Å². The van der Waals surface area contributed by atoms with E-state index < -0.39 is 112 Å². The van der Waals surface area contributed by atoms with Gasteiger partial charge in [0.2, 0.25) is 0 Å². The highest BCUT2D eigenvalue weighted by Crippen LogP contribution is 2.32. The van der Waals surface area contributed by atoms with Gasteiger partial charge in [0.05, 0.1) is 26.4 Å². The third-order valence-corrected chi connectivity index (χ3v) is 6.63. The van der Waals surface area contributed by atoms with Gasteiger partial charge in [-0.15, -0.1) is 0 Å². The molecule has 3 aliphatic rings. The van der Waals surface area contributed by atoms with Gasteiger partial charge in [0.15, 0.2) is 18.9 Å². The Bertz CT molecular complexity index is 687. The lowest BCUT2D eigenvalue weighted by molar-refractivity contribution is -0.379. The summed E-state index contributed by atoms with van der Waals surface area (Å²) in [7, 11) is 0. The second-order valence-corrected chi connectivity index (χ2v) is 9.35. The molecule has 0 aromatic carbocycles. The topological polar surface area (TPSA) is 258 Å². The fourth-order valence-electron chi connectivity index (χ4n) is 4.35. The van der Waals surface area contributed by atoms with Crippen molar-refractivity contribution in [2.45, 2.75) is 92.1 Å². The highest BCUT2D eigenvalue weighted by Gasteiger charge is 2.53. The molecule has 0 bridgehead atoms. The first-order valence-electron chi connectivity index (χ1n) is 11.7. The lowest BCUT2D eigenvalue weighted by Crippen LogP contribution is -2.66. The molecule has 3 heterocycles. The van der Waals surface area contributed by atoms with Crippen LogP contribution >= 0.6 is 12.6 Å². The first kappa shape index (κ1) is 31.2. The molecule has 17 heteroatoms. The lowest BCUT2D eigenvalue weighted by Gasteiger charge is -2.48. The molecule has 0 aromatic heterocycles. The van der Waals surface area contributed by atoms with Gasteiger partial charge in [-0.1, -0.05) is 0 Å². The van der Waals surface area contributed by atoms with Gasteiger partial charge < -0.3 is 79.5 Å². The summed E-state index contributed by atoms with van der Waals surface area (Å²) in [5.74, 6) is 0.293. The number of ether oxygens (including phenoxy) is 6. The fourth-order valence-corrected chi connectivity index (χ4v) is 4.46. The third kappa shape index (κ3) is 6.72. The minimum atomic E-state index is -1.89. The van der Waals surface area contributed by atoms with Crippen molar-refractivity contribution in [3.05, 3.63) is 0 Å². The van der Waals surface area contributed by atoms with Gasteiger partial charge in [-0.25, -0.2) is 0 Å². The van der Waals surface area contributed by atoms with Crippen molar-refractivity contribution in [3.8, 4) is 0 Å². The van der Waals surface area contributed by atoms with E-state index in [1.54, 1.807) is 0 Å². The van der Waals surface area contributed by atoms with Gasteiger partial charge >= 0.3 is 0 Å². The standard InChI is InChI=1S/C20H36O16S/c21-3-6-9(24)10(25)13(28)19(32-6)35-17-8(5-23)34-20(15(30)12(17)27)36-16-7(4-22)33-18(31-1-2-37)14(29)11(16)26/h6-30,37H,1-5H2. The van der Waals surface area contributed by atoms with Crippen molar-refractivity contribution in [2.24, 2.45) is 0 Å². The summed E-state index contributed by atoms with van der Waals surface area (Å²) in [5.41, 5.74) is 0. The van der Waals surface area contributed by atoms with E-state index in [1.807, 2.05) is 0 Å². The maximum absolute atomic E-state index is 10.7. The molecule has 0 aromatic rings. The number of aliphatic hydroxyl groups excluding tert-OH is 10. The van der Waals surface area contributed by atoms with Crippen molar-refractivity contribution in [3.63, 3.8) is 0 Å². The Morgan fingerprint density at radius 3 is 1.38 bits per heavy atom. The molecule has 0 radical (unpaired) electrons. The van der Waals surface area contributed by atoms with E-state index in [9.17, 15) is 51.1 Å². The molecule has 3 saturated heterocycles. The van der Waals surface area contributed by atoms with E-state index in [4.69, 9.17) is 28.4 Å². The Morgan fingerprint density at radius 2 is 0.919 bits per heavy atom. The smallest absolute Gasteiger partial charge is 0.187 e. The molecular weight excluding hydrogens is 528 g/mol. The fraction of sp³-hybridized carbons (Fsp3) is 1.00.